The second-order valence-electron chi connectivity index (χ2n) is 5.79. The van der Waals surface area contributed by atoms with E-state index in [4.69, 9.17) is 5.73 Å². The maximum Gasteiger partial charge on any atom is 0.0527 e. The summed E-state index contributed by atoms with van der Waals surface area (Å²) < 4.78 is 0. The van der Waals surface area contributed by atoms with Gasteiger partial charge < -0.3 is 5.73 Å². The lowest BCUT2D eigenvalue weighted by atomic mass is 9.95. The van der Waals surface area contributed by atoms with Crippen LogP contribution in [0.15, 0.2) is 24.3 Å². The number of rotatable bonds is 3. The molecule has 0 aromatic heterocycles. The lowest BCUT2D eigenvalue weighted by Gasteiger charge is -2.33. The molecule has 1 unspecified atom stereocenters. The van der Waals surface area contributed by atoms with E-state index >= 15 is 0 Å². The topological polar surface area (TPSA) is 29.3 Å². The molecule has 2 heteroatoms. The van der Waals surface area contributed by atoms with Crippen LogP contribution in [-0.2, 0) is 0 Å². The lowest BCUT2D eigenvalue weighted by molar-refractivity contribution is 0.202. The van der Waals surface area contributed by atoms with E-state index in [0.717, 1.165) is 0 Å². The summed E-state index contributed by atoms with van der Waals surface area (Å²) in [6.45, 7) is 4.58. The Balaban J connectivity index is 1.90. The predicted molar refractivity (Wildman–Crippen MR) is 70.9 cm³/mol. The van der Waals surface area contributed by atoms with Crippen LogP contribution in [0.1, 0.15) is 42.9 Å². The normalized spacial score (nSPS) is 24.8. The van der Waals surface area contributed by atoms with Gasteiger partial charge in [-0.15, -0.1) is 0 Å². The summed E-state index contributed by atoms with van der Waals surface area (Å²) in [5.41, 5.74) is 9.30. The summed E-state index contributed by atoms with van der Waals surface area (Å²) in [7, 11) is 0. The van der Waals surface area contributed by atoms with E-state index in [-0.39, 0.29) is 5.54 Å². The van der Waals surface area contributed by atoms with Crippen molar-refractivity contribution < 1.29 is 0 Å². The van der Waals surface area contributed by atoms with E-state index in [2.05, 4.69) is 36.1 Å². The maximum atomic E-state index is 6.50. The second kappa shape index (κ2) is 4.11. The SMILES string of the molecule is Cc1ccc(C(N2CCCC2)C2(N)CC2)cc1. The van der Waals surface area contributed by atoms with Gasteiger partial charge in [-0.05, 0) is 51.3 Å². The molecule has 1 aliphatic heterocycles. The standard InChI is InChI=1S/C15H22N2/c1-12-4-6-13(7-5-12)14(15(16)8-9-15)17-10-2-3-11-17/h4-7,14H,2-3,8-11,16H2,1H3. The van der Waals surface area contributed by atoms with Crippen LogP contribution in [0, 0.1) is 6.92 Å². The van der Waals surface area contributed by atoms with Gasteiger partial charge in [0.05, 0.1) is 6.04 Å². The highest BCUT2D eigenvalue weighted by Crippen LogP contribution is 2.47. The molecular formula is C15H22N2. The summed E-state index contributed by atoms with van der Waals surface area (Å²) in [5, 5.41) is 0. The predicted octanol–water partition coefficient (Wildman–Crippen LogP) is 2.62. The van der Waals surface area contributed by atoms with Crippen molar-refractivity contribution in [2.24, 2.45) is 5.73 Å². The van der Waals surface area contributed by atoms with Crippen molar-refractivity contribution in [1.82, 2.24) is 4.90 Å². The molecule has 17 heavy (non-hydrogen) atoms. The number of benzene rings is 1. The molecule has 3 rings (SSSR count). The van der Waals surface area contributed by atoms with Crippen molar-refractivity contribution in [2.75, 3.05) is 13.1 Å². The van der Waals surface area contributed by atoms with Gasteiger partial charge in [-0.1, -0.05) is 29.8 Å². The minimum absolute atomic E-state index is 0.0552. The summed E-state index contributed by atoms with van der Waals surface area (Å²) >= 11 is 0. The number of nitrogens with zero attached hydrogens (tertiary/aromatic N) is 1. The first-order valence-electron chi connectivity index (χ1n) is 6.79. The monoisotopic (exact) mass is 230 g/mol. The van der Waals surface area contributed by atoms with Crippen LogP contribution in [-0.4, -0.2) is 23.5 Å². The van der Waals surface area contributed by atoms with Gasteiger partial charge in [-0.3, -0.25) is 4.90 Å². The molecule has 2 aliphatic rings. The van der Waals surface area contributed by atoms with E-state index < -0.39 is 0 Å². The van der Waals surface area contributed by atoms with Crippen molar-refractivity contribution in [2.45, 2.75) is 44.2 Å². The fourth-order valence-electron chi connectivity index (χ4n) is 3.07. The Bertz CT molecular complexity index is 386. The minimum Gasteiger partial charge on any atom is -0.323 e. The smallest absolute Gasteiger partial charge is 0.0527 e. The van der Waals surface area contributed by atoms with Crippen LogP contribution < -0.4 is 5.73 Å². The largest absolute Gasteiger partial charge is 0.323 e. The van der Waals surface area contributed by atoms with Gasteiger partial charge in [0.15, 0.2) is 0 Å². The summed E-state index contributed by atoms with van der Waals surface area (Å²) in [4.78, 5) is 2.59. The third-order valence-corrected chi connectivity index (χ3v) is 4.27. The Labute approximate surface area is 104 Å². The zero-order valence-corrected chi connectivity index (χ0v) is 10.7. The number of likely N-dealkylation sites (tertiary alicyclic amines) is 1. The summed E-state index contributed by atoms with van der Waals surface area (Å²) in [6, 6.07) is 9.41. The Morgan fingerprint density at radius 1 is 1.12 bits per heavy atom. The van der Waals surface area contributed by atoms with Gasteiger partial charge in [0.1, 0.15) is 0 Å². The quantitative estimate of drug-likeness (QED) is 0.865. The molecule has 0 radical (unpaired) electrons. The van der Waals surface area contributed by atoms with Crippen molar-refractivity contribution >= 4 is 0 Å². The van der Waals surface area contributed by atoms with Gasteiger partial charge in [0, 0.05) is 5.54 Å². The molecule has 92 valence electrons. The van der Waals surface area contributed by atoms with Gasteiger partial charge in [0.2, 0.25) is 0 Å². The van der Waals surface area contributed by atoms with Crippen LogP contribution in [0.4, 0.5) is 0 Å². The first kappa shape index (κ1) is 11.2. The molecule has 1 saturated carbocycles. The summed E-state index contributed by atoms with van der Waals surface area (Å²) in [5.74, 6) is 0. The van der Waals surface area contributed by atoms with E-state index in [0.29, 0.717) is 6.04 Å². The van der Waals surface area contributed by atoms with Crippen LogP contribution in [0.3, 0.4) is 0 Å². The number of hydrogen-bond acceptors (Lipinski definition) is 2. The number of hydrogen-bond donors (Lipinski definition) is 1. The van der Waals surface area contributed by atoms with Gasteiger partial charge in [-0.25, -0.2) is 0 Å². The van der Waals surface area contributed by atoms with E-state index in [1.807, 2.05) is 0 Å². The molecule has 1 saturated heterocycles. The van der Waals surface area contributed by atoms with Gasteiger partial charge in [0.25, 0.3) is 0 Å². The summed E-state index contributed by atoms with van der Waals surface area (Å²) in [6.07, 6.45) is 5.03. The zero-order valence-electron chi connectivity index (χ0n) is 10.7. The van der Waals surface area contributed by atoms with Crippen LogP contribution in [0.2, 0.25) is 0 Å². The Kier molecular flexibility index (Phi) is 2.72. The van der Waals surface area contributed by atoms with Crippen molar-refractivity contribution in [3.63, 3.8) is 0 Å². The highest BCUT2D eigenvalue weighted by molar-refractivity contribution is 5.29. The van der Waals surface area contributed by atoms with Crippen molar-refractivity contribution in [3.8, 4) is 0 Å². The van der Waals surface area contributed by atoms with Crippen LogP contribution in [0.5, 0.6) is 0 Å². The second-order valence-corrected chi connectivity index (χ2v) is 5.79. The zero-order chi connectivity index (χ0) is 11.9. The molecule has 0 bridgehead atoms. The Morgan fingerprint density at radius 3 is 2.24 bits per heavy atom. The Hall–Kier alpha value is -0.860. The fraction of sp³-hybridized carbons (Fsp3) is 0.600. The van der Waals surface area contributed by atoms with Gasteiger partial charge in [-0.2, -0.15) is 0 Å². The number of nitrogens with two attached hydrogens (primary N) is 1. The van der Waals surface area contributed by atoms with E-state index in [9.17, 15) is 0 Å². The average molecular weight is 230 g/mol. The molecule has 0 spiro atoms. The van der Waals surface area contributed by atoms with Crippen molar-refractivity contribution in [1.29, 1.82) is 0 Å². The lowest BCUT2D eigenvalue weighted by Crippen LogP contribution is -2.41. The number of aryl methyl sites for hydroxylation is 1. The first-order chi connectivity index (χ1) is 8.19. The minimum atomic E-state index is 0.0552. The third-order valence-electron chi connectivity index (χ3n) is 4.27. The van der Waals surface area contributed by atoms with E-state index in [1.54, 1.807) is 0 Å². The molecule has 1 aromatic carbocycles. The highest BCUT2D eigenvalue weighted by atomic mass is 15.2. The molecular weight excluding hydrogens is 208 g/mol. The highest BCUT2D eigenvalue weighted by Gasteiger charge is 2.49. The van der Waals surface area contributed by atoms with Crippen LogP contribution in [0.25, 0.3) is 0 Å². The van der Waals surface area contributed by atoms with Crippen molar-refractivity contribution in [3.05, 3.63) is 35.4 Å². The van der Waals surface area contributed by atoms with Gasteiger partial charge >= 0.3 is 0 Å². The molecule has 1 atom stereocenters. The molecule has 1 aromatic rings. The molecule has 2 fully saturated rings. The maximum absolute atomic E-state index is 6.50. The van der Waals surface area contributed by atoms with Crippen LogP contribution >= 0.6 is 0 Å². The average Bonchev–Trinajstić information content (AvgIpc) is 2.85. The molecule has 1 aliphatic carbocycles. The fourth-order valence-corrected chi connectivity index (χ4v) is 3.07. The first-order valence-corrected chi connectivity index (χ1v) is 6.79. The molecule has 2 N–H and O–H groups in total. The van der Waals surface area contributed by atoms with E-state index in [1.165, 1.54) is 49.9 Å². The molecule has 2 nitrogen and oxygen atoms in total. The third kappa shape index (κ3) is 2.12. The Morgan fingerprint density at radius 2 is 1.71 bits per heavy atom. The molecule has 0 amide bonds. The molecule has 1 heterocycles.